The zero-order valence-corrected chi connectivity index (χ0v) is 11.2. The van der Waals surface area contributed by atoms with Crippen molar-refractivity contribution >= 4 is 16.9 Å². The molecule has 3 rings (SSSR count). The summed E-state index contributed by atoms with van der Waals surface area (Å²) in [5, 5.41) is 1.06. The fourth-order valence-corrected chi connectivity index (χ4v) is 2.26. The van der Waals surface area contributed by atoms with Crippen molar-refractivity contribution in [2.45, 2.75) is 13.3 Å². The molecule has 0 fully saturated rings. The zero-order chi connectivity index (χ0) is 13.9. The lowest BCUT2D eigenvalue weighted by molar-refractivity contribution is -0.133. The highest BCUT2D eigenvalue weighted by molar-refractivity contribution is 5.87. The van der Waals surface area contributed by atoms with Gasteiger partial charge in [0.15, 0.2) is 0 Å². The van der Waals surface area contributed by atoms with Gasteiger partial charge in [-0.2, -0.15) is 0 Å². The number of aryl methyl sites for hydroxylation is 1. The van der Waals surface area contributed by atoms with E-state index in [2.05, 4.69) is 4.98 Å². The Balaban J connectivity index is 1.78. The Kier molecular flexibility index (Phi) is 3.25. The highest BCUT2D eigenvalue weighted by Gasteiger charge is 2.11. The number of hydrogen-bond acceptors (Lipinski definition) is 2. The smallest absolute Gasteiger partial charge is 0.315 e. The van der Waals surface area contributed by atoms with Crippen LogP contribution in [0, 0.1) is 6.92 Å². The molecule has 0 saturated heterocycles. The molecule has 0 radical (unpaired) electrons. The summed E-state index contributed by atoms with van der Waals surface area (Å²) >= 11 is 0. The summed E-state index contributed by atoms with van der Waals surface area (Å²) < 4.78 is 5.41. The summed E-state index contributed by atoms with van der Waals surface area (Å²) in [7, 11) is 0. The van der Waals surface area contributed by atoms with Crippen LogP contribution in [0.2, 0.25) is 0 Å². The summed E-state index contributed by atoms with van der Waals surface area (Å²) in [5.74, 6) is 0.376. The summed E-state index contributed by atoms with van der Waals surface area (Å²) in [4.78, 5) is 15.2. The van der Waals surface area contributed by atoms with E-state index in [9.17, 15) is 4.79 Å². The fourth-order valence-electron chi connectivity index (χ4n) is 2.26. The van der Waals surface area contributed by atoms with Crippen LogP contribution in [0.1, 0.15) is 11.1 Å². The first-order chi connectivity index (χ1) is 9.74. The molecule has 1 heterocycles. The SMILES string of the molecule is Cc1ccccc1OC(=O)Cc1c[nH]c2ccccc12. The zero-order valence-electron chi connectivity index (χ0n) is 11.2. The number of esters is 1. The molecule has 0 spiro atoms. The van der Waals surface area contributed by atoms with Crippen molar-refractivity contribution in [2.24, 2.45) is 0 Å². The molecule has 0 saturated carbocycles. The maximum atomic E-state index is 12.0. The molecule has 2 aromatic carbocycles. The molecule has 100 valence electrons. The molecule has 0 amide bonds. The normalized spacial score (nSPS) is 10.7. The number of benzene rings is 2. The lowest BCUT2D eigenvalue weighted by Crippen LogP contribution is -2.11. The molecule has 20 heavy (non-hydrogen) atoms. The third-order valence-electron chi connectivity index (χ3n) is 3.33. The van der Waals surface area contributed by atoms with Gasteiger partial charge in [0, 0.05) is 17.1 Å². The summed E-state index contributed by atoms with van der Waals surface area (Å²) in [6.07, 6.45) is 2.13. The Bertz CT molecular complexity index is 758. The number of aromatic amines is 1. The van der Waals surface area contributed by atoms with E-state index >= 15 is 0 Å². The molecule has 3 nitrogen and oxygen atoms in total. The Morgan fingerprint density at radius 1 is 1.10 bits per heavy atom. The number of carbonyl (C=O) groups is 1. The third kappa shape index (κ3) is 2.43. The van der Waals surface area contributed by atoms with Crippen molar-refractivity contribution in [3.05, 3.63) is 65.9 Å². The molecule has 3 aromatic rings. The van der Waals surface area contributed by atoms with Gasteiger partial charge in [-0.15, -0.1) is 0 Å². The van der Waals surface area contributed by atoms with Gasteiger partial charge in [0.05, 0.1) is 6.42 Å². The summed E-state index contributed by atoms with van der Waals surface area (Å²) in [6, 6.07) is 15.4. The number of hydrogen-bond donors (Lipinski definition) is 1. The van der Waals surface area contributed by atoms with Crippen LogP contribution in [-0.4, -0.2) is 11.0 Å². The van der Waals surface area contributed by atoms with E-state index in [-0.39, 0.29) is 12.4 Å². The topological polar surface area (TPSA) is 42.1 Å². The minimum absolute atomic E-state index is 0.246. The average Bonchev–Trinajstić information content (AvgIpc) is 2.85. The number of nitrogens with one attached hydrogen (secondary N) is 1. The van der Waals surface area contributed by atoms with Crippen LogP contribution >= 0.6 is 0 Å². The van der Waals surface area contributed by atoms with Gasteiger partial charge in [0.1, 0.15) is 5.75 Å². The second kappa shape index (κ2) is 5.21. The van der Waals surface area contributed by atoms with Gasteiger partial charge in [-0.1, -0.05) is 36.4 Å². The number of H-pyrrole nitrogens is 1. The monoisotopic (exact) mass is 265 g/mol. The molecule has 0 atom stereocenters. The molecule has 0 aliphatic rings. The number of ether oxygens (including phenoxy) is 1. The van der Waals surface area contributed by atoms with E-state index < -0.39 is 0 Å². The third-order valence-corrected chi connectivity index (χ3v) is 3.33. The van der Waals surface area contributed by atoms with Gasteiger partial charge in [-0.3, -0.25) is 4.79 Å². The molecular formula is C17H15NO2. The number of para-hydroxylation sites is 2. The Labute approximate surface area is 117 Å². The average molecular weight is 265 g/mol. The summed E-state index contributed by atoms with van der Waals surface area (Å²) in [6.45, 7) is 1.92. The van der Waals surface area contributed by atoms with Gasteiger partial charge in [0.2, 0.25) is 0 Å². The Hall–Kier alpha value is -2.55. The van der Waals surface area contributed by atoms with E-state index in [1.54, 1.807) is 0 Å². The van der Waals surface area contributed by atoms with Crippen molar-refractivity contribution in [2.75, 3.05) is 0 Å². The maximum absolute atomic E-state index is 12.0. The molecule has 1 aromatic heterocycles. The second-order valence-electron chi connectivity index (χ2n) is 4.78. The second-order valence-corrected chi connectivity index (χ2v) is 4.78. The van der Waals surface area contributed by atoms with Crippen LogP contribution in [0.4, 0.5) is 0 Å². The van der Waals surface area contributed by atoms with Crippen LogP contribution in [0.15, 0.2) is 54.7 Å². The van der Waals surface area contributed by atoms with Crippen molar-refractivity contribution < 1.29 is 9.53 Å². The van der Waals surface area contributed by atoms with Crippen LogP contribution < -0.4 is 4.74 Å². The van der Waals surface area contributed by atoms with Gasteiger partial charge in [-0.05, 0) is 30.2 Å². The van der Waals surface area contributed by atoms with Crippen molar-refractivity contribution in [3.8, 4) is 5.75 Å². The van der Waals surface area contributed by atoms with Crippen LogP contribution in [-0.2, 0) is 11.2 Å². The number of rotatable bonds is 3. The minimum Gasteiger partial charge on any atom is -0.426 e. The van der Waals surface area contributed by atoms with Crippen LogP contribution in [0.25, 0.3) is 10.9 Å². The van der Waals surface area contributed by atoms with Crippen molar-refractivity contribution in [1.82, 2.24) is 4.98 Å². The standard InChI is InChI=1S/C17H15NO2/c1-12-6-2-5-9-16(12)20-17(19)10-13-11-18-15-8-4-3-7-14(13)15/h2-9,11,18H,10H2,1H3. The largest absolute Gasteiger partial charge is 0.426 e. The lowest BCUT2D eigenvalue weighted by Gasteiger charge is -2.06. The lowest BCUT2D eigenvalue weighted by atomic mass is 10.1. The summed E-state index contributed by atoms with van der Waals surface area (Å²) in [5.41, 5.74) is 2.95. The predicted octanol–water partition coefficient (Wildman–Crippen LogP) is 3.62. The number of fused-ring (bicyclic) bond motifs is 1. The Morgan fingerprint density at radius 3 is 2.70 bits per heavy atom. The van der Waals surface area contributed by atoms with Gasteiger partial charge >= 0.3 is 5.97 Å². The van der Waals surface area contributed by atoms with Crippen molar-refractivity contribution in [3.63, 3.8) is 0 Å². The quantitative estimate of drug-likeness (QED) is 0.580. The first-order valence-corrected chi connectivity index (χ1v) is 6.55. The van der Waals surface area contributed by atoms with E-state index in [0.29, 0.717) is 5.75 Å². The Morgan fingerprint density at radius 2 is 1.85 bits per heavy atom. The first kappa shape index (κ1) is 12.5. The van der Waals surface area contributed by atoms with Crippen LogP contribution in [0.3, 0.4) is 0 Å². The van der Waals surface area contributed by atoms with Gasteiger partial charge in [-0.25, -0.2) is 0 Å². The maximum Gasteiger partial charge on any atom is 0.315 e. The molecule has 0 bridgehead atoms. The number of aromatic nitrogens is 1. The predicted molar refractivity (Wildman–Crippen MR) is 78.8 cm³/mol. The molecule has 0 unspecified atom stereocenters. The minimum atomic E-state index is -0.246. The van der Waals surface area contributed by atoms with E-state index in [0.717, 1.165) is 22.0 Å². The van der Waals surface area contributed by atoms with Gasteiger partial charge in [0.25, 0.3) is 0 Å². The van der Waals surface area contributed by atoms with Gasteiger partial charge < -0.3 is 9.72 Å². The molecule has 1 N–H and O–H groups in total. The van der Waals surface area contributed by atoms with E-state index in [4.69, 9.17) is 4.74 Å². The molecule has 0 aliphatic carbocycles. The highest BCUT2D eigenvalue weighted by atomic mass is 16.5. The molecule has 0 aliphatic heterocycles. The first-order valence-electron chi connectivity index (χ1n) is 6.55. The molecular weight excluding hydrogens is 250 g/mol. The highest BCUT2D eigenvalue weighted by Crippen LogP contribution is 2.20. The van der Waals surface area contributed by atoms with E-state index in [1.165, 1.54) is 0 Å². The van der Waals surface area contributed by atoms with Crippen molar-refractivity contribution in [1.29, 1.82) is 0 Å². The molecule has 3 heteroatoms. The fraction of sp³-hybridized carbons (Fsp3) is 0.118. The van der Waals surface area contributed by atoms with E-state index in [1.807, 2.05) is 61.7 Å². The van der Waals surface area contributed by atoms with Crippen LogP contribution in [0.5, 0.6) is 5.75 Å². The number of carbonyl (C=O) groups excluding carboxylic acids is 1.